The Morgan fingerprint density at radius 1 is 0.920 bits per heavy atom. The average molecular weight is 369 g/mol. The molecule has 140 valence electrons. The van der Waals surface area contributed by atoms with Crippen LogP contribution in [0.2, 0.25) is 5.02 Å². The highest BCUT2D eigenvalue weighted by Crippen LogP contribution is 2.18. The van der Waals surface area contributed by atoms with Crippen molar-refractivity contribution in [1.82, 2.24) is 0 Å². The molecule has 0 unspecified atom stereocenters. The Labute approximate surface area is 155 Å². The van der Waals surface area contributed by atoms with Crippen LogP contribution in [-0.2, 0) is 14.3 Å². The summed E-state index contributed by atoms with van der Waals surface area (Å²) < 4.78 is 10.3. The molecule has 0 amide bonds. The summed E-state index contributed by atoms with van der Waals surface area (Å²) in [4.78, 5) is 23.1. The first-order chi connectivity index (χ1) is 12.1. The number of benzene rings is 1. The van der Waals surface area contributed by atoms with Crippen molar-refractivity contribution in [2.45, 2.75) is 71.1 Å². The molecule has 1 aromatic carbocycles. The first-order valence-electron chi connectivity index (χ1n) is 9.23. The summed E-state index contributed by atoms with van der Waals surface area (Å²) in [5.41, 5.74) is 0. The summed E-state index contributed by atoms with van der Waals surface area (Å²) in [7, 11) is 0. The van der Waals surface area contributed by atoms with Gasteiger partial charge in [0, 0.05) is 17.9 Å². The molecule has 0 heterocycles. The van der Waals surface area contributed by atoms with Crippen LogP contribution in [-0.4, -0.2) is 18.5 Å². The maximum atomic E-state index is 11.7. The van der Waals surface area contributed by atoms with Crippen LogP contribution in [0.3, 0.4) is 0 Å². The Morgan fingerprint density at radius 2 is 1.56 bits per heavy atom. The monoisotopic (exact) mass is 368 g/mol. The van der Waals surface area contributed by atoms with Gasteiger partial charge >= 0.3 is 11.9 Å². The van der Waals surface area contributed by atoms with Crippen molar-refractivity contribution in [2.75, 3.05) is 6.61 Å². The summed E-state index contributed by atoms with van der Waals surface area (Å²) in [6.45, 7) is 2.62. The third-order valence-electron chi connectivity index (χ3n) is 3.80. The molecule has 0 atom stereocenters. The minimum atomic E-state index is -0.225. The smallest absolute Gasteiger partial charge is 0.311 e. The SMILES string of the molecule is CCCCOC(=O)CCCCCCCCC(=O)Oc1cccc(Cl)c1. The predicted octanol–water partition coefficient (Wildman–Crippen LogP) is 5.71. The molecular formula is C20H29ClO4. The van der Waals surface area contributed by atoms with E-state index in [4.69, 9.17) is 21.1 Å². The molecule has 0 saturated heterocycles. The second-order valence-corrected chi connectivity index (χ2v) is 6.56. The second-order valence-electron chi connectivity index (χ2n) is 6.13. The minimum absolute atomic E-state index is 0.0859. The Hall–Kier alpha value is -1.55. The lowest BCUT2D eigenvalue weighted by atomic mass is 10.1. The topological polar surface area (TPSA) is 52.6 Å². The average Bonchev–Trinajstić information content (AvgIpc) is 2.57. The van der Waals surface area contributed by atoms with Crippen molar-refractivity contribution in [3.8, 4) is 5.75 Å². The van der Waals surface area contributed by atoms with Crippen LogP contribution in [0.25, 0.3) is 0 Å². The van der Waals surface area contributed by atoms with Gasteiger partial charge in [0.15, 0.2) is 0 Å². The molecule has 0 radical (unpaired) electrons. The van der Waals surface area contributed by atoms with Crippen LogP contribution in [0.1, 0.15) is 71.1 Å². The van der Waals surface area contributed by atoms with E-state index >= 15 is 0 Å². The summed E-state index contributed by atoms with van der Waals surface area (Å²) in [5.74, 6) is 0.178. The first-order valence-corrected chi connectivity index (χ1v) is 9.61. The van der Waals surface area contributed by atoms with Crippen molar-refractivity contribution in [2.24, 2.45) is 0 Å². The van der Waals surface area contributed by atoms with Gasteiger partial charge < -0.3 is 9.47 Å². The van der Waals surface area contributed by atoms with Crippen LogP contribution in [0.4, 0.5) is 0 Å². The van der Waals surface area contributed by atoms with Crippen LogP contribution < -0.4 is 4.74 Å². The highest BCUT2D eigenvalue weighted by molar-refractivity contribution is 6.30. The molecule has 25 heavy (non-hydrogen) atoms. The number of ether oxygens (including phenoxy) is 2. The van der Waals surface area contributed by atoms with Gasteiger partial charge in [0.1, 0.15) is 5.75 Å². The summed E-state index contributed by atoms with van der Waals surface area (Å²) in [6.07, 6.45) is 8.75. The molecule has 4 nitrogen and oxygen atoms in total. The molecule has 0 fully saturated rings. The lowest BCUT2D eigenvalue weighted by Gasteiger charge is -2.05. The maximum absolute atomic E-state index is 11.7. The number of carbonyl (C=O) groups excluding carboxylic acids is 2. The molecule has 0 aromatic heterocycles. The molecule has 0 saturated carbocycles. The quantitative estimate of drug-likeness (QED) is 0.254. The Morgan fingerprint density at radius 3 is 2.20 bits per heavy atom. The lowest BCUT2D eigenvalue weighted by molar-refractivity contribution is -0.144. The third kappa shape index (κ3) is 11.6. The standard InChI is InChI=1S/C20H29ClO4/c1-2-3-15-24-19(22)13-8-6-4-5-7-9-14-20(23)25-18-12-10-11-17(21)16-18/h10-12,16H,2-9,13-15H2,1H3. The van der Waals surface area contributed by atoms with E-state index in [0.29, 0.717) is 30.2 Å². The number of hydrogen-bond acceptors (Lipinski definition) is 4. The molecule has 0 N–H and O–H groups in total. The molecule has 1 aromatic rings. The highest BCUT2D eigenvalue weighted by atomic mass is 35.5. The van der Waals surface area contributed by atoms with Crippen LogP contribution in [0.15, 0.2) is 24.3 Å². The predicted molar refractivity (Wildman–Crippen MR) is 99.9 cm³/mol. The molecular weight excluding hydrogens is 340 g/mol. The normalized spacial score (nSPS) is 10.5. The zero-order chi connectivity index (χ0) is 18.3. The number of unbranched alkanes of at least 4 members (excludes halogenated alkanes) is 6. The fourth-order valence-corrected chi connectivity index (χ4v) is 2.54. The highest BCUT2D eigenvalue weighted by Gasteiger charge is 2.05. The van der Waals surface area contributed by atoms with E-state index in [1.807, 2.05) is 0 Å². The van der Waals surface area contributed by atoms with Gasteiger partial charge in [0.05, 0.1) is 6.61 Å². The molecule has 0 aliphatic heterocycles. The second kappa shape index (κ2) is 13.7. The molecule has 0 spiro atoms. The fraction of sp³-hybridized carbons (Fsp3) is 0.600. The number of hydrogen-bond donors (Lipinski definition) is 0. The minimum Gasteiger partial charge on any atom is -0.466 e. The van der Waals surface area contributed by atoms with E-state index in [1.54, 1.807) is 24.3 Å². The Balaban J connectivity index is 1.94. The molecule has 1 rings (SSSR count). The van der Waals surface area contributed by atoms with E-state index in [-0.39, 0.29) is 11.9 Å². The summed E-state index contributed by atoms with van der Waals surface area (Å²) in [6, 6.07) is 6.85. The first kappa shape index (κ1) is 21.5. The van der Waals surface area contributed by atoms with Gasteiger partial charge in [-0.2, -0.15) is 0 Å². The zero-order valence-corrected chi connectivity index (χ0v) is 15.9. The van der Waals surface area contributed by atoms with Crippen molar-refractivity contribution in [3.05, 3.63) is 29.3 Å². The molecule has 0 aliphatic carbocycles. The van der Waals surface area contributed by atoms with Gasteiger partial charge in [-0.3, -0.25) is 9.59 Å². The van der Waals surface area contributed by atoms with Gasteiger partial charge in [-0.15, -0.1) is 0 Å². The van der Waals surface area contributed by atoms with E-state index in [2.05, 4.69) is 6.92 Å². The van der Waals surface area contributed by atoms with Gasteiger partial charge in [-0.05, 0) is 37.5 Å². The molecule has 0 bridgehead atoms. The maximum Gasteiger partial charge on any atom is 0.311 e. The van der Waals surface area contributed by atoms with Gasteiger partial charge in [0.2, 0.25) is 0 Å². The fourth-order valence-electron chi connectivity index (χ4n) is 2.36. The van der Waals surface area contributed by atoms with Gasteiger partial charge in [-0.25, -0.2) is 0 Å². The largest absolute Gasteiger partial charge is 0.466 e. The van der Waals surface area contributed by atoms with Crippen LogP contribution in [0.5, 0.6) is 5.75 Å². The number of rotatable bonds is 13. The summed E-state index contributed by atoms with van der Waals surface area (Å²) in [5, 5.41) is 0.555. The van der Waals surface area contributed by atoms with E-state index in [0.717, 1.165) is 51.4 Å². The van der Waals surface area contributed by atoms with Crippen molar-refractivity contribution in [1.29, 1.82) is 0 Å². The van der Waals surface area contributed by atoms with Gasteiger partial charge in [-0.1, -0.05) is 56.7 Å². The van der Waals surface area contributed by atoms with Crippen LogP contribution >= 0.6 is 11.6 Å². The van der Waals surface area contributed by atoms with Gasteiger partial charge in [0.25, 0.3) is 0 Å². The number of esters is 2. The lowest BCUT2D eigenvalue weighted by Crippen LogP contribution is -2.07. The van der Waals surface area contributed by atoms with Crippen molar-refractivity contribution in [3.63, 3.8) is 0 Å². The zero-order valence-electron chi connectivity index (χ0n) is 15.1. The number of halogens is 1. The number of carbonyl (C=O) groups is 2. The van der Waals surface area contributed by atoms with E-state index in [9.17, 15) is 9.59 Å². The van der Waals surface area contributed by atoms with E-state index < -0.39 is 0 Å². The Bertz CT molecular complexity index is 516. The van der Waals surface area contributed by atoms with Crippen molar-refractivity contribution < 1.29 is 19.1 Å². The van der Waals surface area contributed by atoms with Crippen molar-refractivity contribution >= 4 is 23.5 Å². The van der Waals surface area contributed by atoms with E-state index in [1.165, 1.54) is 0 Å². The molecule has 0 aliphatic rings. The molecule has 5 heteroatoms. The summed E-state index contributed by atoms with van der Waals surface area (Å²) >= 11 is 5.85. The third-order valence-corrected chi connectivity index (χ3v) is 4.04. The van der Waals surface area contributed by atoms with Crippen LogP contribution in [0, 0.1) is 0 Å². The Kier molecular flexibility index (Phi) is 11.8.